The van der Waals surface area contributed by atoms with Crippen molar-refractivity contribution in [1.29, 1.82) is 0 Å². The van der Waals surface area contributed by atoms with Gasteiger partial charge in [0.2, 0.25) is 0 Å². The Bertz CT molecular complexity index is 825. The van der Waals surface area contributed by atoms with Gasteiger partial charge in [-0.15, -0.1) is 0 Å². The van der Waals surface area contributed by atoms with Gasteiger partial charge < -0.3 is 0 Å². The molecule has 7 heteroatoms. The van der Waals surface area contributed by atoms with E-state index in [1.807, 2.05) is 6.92 Å². The van der Waals surface area contributed by atoms with Gasteiger partial charge in [-0.2, -0.15) is 0 Å². The van der Waals surface area contributed by atoms with Gasteiger partial charge in [-0.1, -0.05) is 0 Å². The molecule has 0 aromatic carbocycles. The monoisotopic (exact) mass is 496 g/mol. The van der Waals surface area contributed by atoms with Crippen LogP contribution in [0.2, 0.25) is 0 Å². The predicted molar refractivity (Wildman–Crippen MR) is 115 cm³/mol. The number of hydrogen-bond acceptors (Lipinski definition) is 5. The first-order chi connectivity index (χ1) is 14.6. The van der Waals surface area contributed by atoms with Crippen molar-refractivity contribution in [2.45, 2.75) is 103 Å². The summed E-state index contributed by atoms with van der Waals surface area (Å²) in [5.74, 6) is -0.0879. The summed E-state index contributed by atoms with van der Waals surface area (Å²) in [5.41, 5.74) is 0.0144. The summed E-state index contributed by atoms with van der Waals surface area (Å²) in [6.07, 6.45) is 14.5. The molecule has 0 bridgehead atoms. The quantitative estimate of drug-likeness (QED) is 0.422. The normalized spacial score (nSPS) is 53.3. The Balaban J connectivity index is 1.32. The van der Waals surface area contributed by atoms with E-state index in [0.29, 0.717) is 22.1 Å². The Morgan fingerprint density at radius 3 is 2.26 bits per heavy atom. The zero-order chi connectivity index (χ0) is 21.7. The SMILES string of the molecule is CC(=CC(=O)O)[As]12(OC(C)(C3CCC4CCCC43)O1)OC(C)(C13CCCC1CCC3)O2. The minimum atomic E-state index is -4.72. The number of allylic oxidation sites excluding steroid dienone is 1. The molecular formula is C24H37AsO6. The molecule has 2 saturated heterocycles. The van der Waals surface area contributed by atoms with Crippen LogP contribution < -0.4 is 0 Å². The molecule has 0 aromatic heterocycles. The Hall–Kier alpha value is -0.392. The third-order valence-electron chi connectivity index (χ3n) is 10.0. The Kier molecular flexibility index (Phi) is 4.36. The number of aliphatic carboxylic acids is 1. The van der Waals surface area contributed by atoms with Gasteiger partial charge in [0, 0.05) is 0 Å². The molecule has 0 amide bonds. The number of carbonyl (C=O) groups is 1. The van der Waals surface area contributed by atoms with Crippen molar-refractivity contribution in [3.05, 3.63) is 10.4 Å². The van der Waals surface area contributed by atoms with Crippen molar-refractivity contribution in [3.63, 3.8) is 0 Å². The molecular weight excluding hydrogens is 459 g/mol. The van der Waals surface area contributed by atoms with Crippen LogP contribution in [-0.4, -0.2) is 36.5 Å². The van der Waals surface area contributed by atoms with E-state index >= 15 is 0 Å². The third kappa shape index (κ3) is 2.58. The molecule has 2 heterocycles. The number of hydrogen-bond donors (Lipinski definition) is 1. The molecule has 2 aliphatic heterocycles. The zero-order valence-electron chi connectivity index (χ0n) is 19.1. The van der Waals surface area contributed by atoms with Gasteiger partial charge >= 0.3 is 187 Å². The van der Waals surface area contributed by atoms with Gasteiger partial charge in [0.15, 0.2) is 0 Å². The number of carboxylic acids is 1. The van der Waals surface area contributed by atoms with Crippen LogP contribution in [0.4, 0.5) is 0 Å². The van der Waals surface area contributed by atoms with Crippen LogP contribution in [0.5, 0.6) is 0 Å². The van der Waals surface area contributed by atoms with Gasteiger partial charge in [-0.05, 0) is 0 Å². The van der Waals surface area contributed by atoms with Crippen molar-refractivity contribution in [1.82, 2.24) is 0 Å². The van der Waals surface area contributed by atoms with Gasteiger partial charge in [0.05, 0.1) is 0 Å². The maximum absolute atomic E-state index is 11.6. The summed E-state index contributed by atoms with van der Waals surface area (Å²) < 4.78 is 27.7. The van der Waals surface area contributed by atoms with E-state index in [-0.39, 0.29) is 5.41 Å². The second-order valence-corrected chi connectivity index (χ2v) is 17.9. The Labute approximate surface area is 187 Å². The van der Waals surface area contributed by atoms with Crippen molar-refractivity contribution in [2.75, 3.05) is 0 Å². The van der Waals surface area contributed by atoms with Crippen molar-refractivity contribution >= 4 is 19.8 Å². The summed E-state index contributed by atoms with van der Waals surface area (Å²) >= 11 is -4.72. The molecule has 6 rings (SSSR count). The fourth-order valence-electron chi connectivity index (χ4n) is 8.80. The second kappa shape index (κ2) is 6.38. The Morgan fingerprint density at radius 2 is 1.61 bits per heavy atom. The average molecular weight is 496 g/mol. The molecule has 174 valence electrons. The van der Waals surface area contributed by atoms with Crippen LogP contribution in [0, 0.1) is 29.1 Å². The van der Waals surface area contributed by atoms with Crippen LogP contribution in [0.1, 0.15) is 91.4 Å². The molecule has 1 N–H and O–H groups in total. The first-order valence-corrected chi connectivity index (χ1v) is 16.4. The summed E-state index contributed by atoms with van der Waals surface area (Å²) in [6.45, 7) is 5.87. The predicted octanol–water partition coefficient (Wildman–Crippen LogP) is 5.27. The van der Waals surface area contributed by atoms with Crippen LogP contribution in [0.25, 0.3) is 0 Å². The van der Waals surface area contributed by atoms with Crippen molar-refractivity contribution in [3.8, 4) is 0 Å². The Morgan fingerprint density at radius 1 is 0.935 bits per heavy atom. The molecule has 1 spiro atoms. The van der Waals surface area contributed by atoms with Crippen LogP contribution in [-0.2, 0) is 19.7 Å². The first kappa shape index (κ1) is 21.2. The van der Waals surface area contributed by atoms with Crippen molar-refractivity contribution in [2.24, 2.45) is 29.1 Å². The van der Waals surface area contributed by atoms with Crippen LogP contribution in [0.15, 0.2) is 10.4 Å². The molecule has 6 aliphatic rings. The van der Waals surface area contributed by atoms with E-state index in [9.17, 15) is 9.90 Å². The number of rotatable bonds is 4. The van der Waals surface area contributed by atoms with E-state index in [4.69, 9.17) is 14.9 Å². The topological polar surface area (TPSA) is 74.2 Å². The van der Waals surface area contributed by atoms with E-state index in [1.54, 1.807) is 6.92 Å². The van der Waals surface area contributed by atoms with Crippen LogP contribution >= 0.6 is 0 Å². The zero-order valence-corrected chi connectivity index (χ0v) is 21.0. The summed E-state index contributed by atoms with van der Waals surface area (Å²) in [5, 5.41) is 9.49. The number of fused-ring (bicyclic) bond motifs is 2. The summed E-state index contributed by atoms with van der Waals surface area (Å²) in [6, 6.07) is 0. The summed E-state index contributed by atoms with van der Waals surface area (Å²) in [7, 11) is 0. The van der Waals surface area contributed by atoms with E-state index in [0.717, 1.165) is 25.2 Å². The molecule has 0 radical (unpaired) electrons. The van der Waals surface area contributed by atoms with Crippen LogP contribution in [0.3, 0.4) is 0 Å². The van der Waals surface area contributed by atoms with Gasteiger partial charge in [-0.25, -0.2) is 0 Å². The second-order valence-electron chi connectivity index (χ2n) is 11.4. The molecule has 4 saturated carbocycles. The molecule has 6 nitrogen and oxygen atoms in total. The first-order valence-electron chi connectivity index (χ1n) is 12.4. The van der Waals surface area contributed by atoms with E-state index in [2.05, 4.69) is 6.92 Å². The van der Waals surface area contributed by atoms with Gasteiger partial charge in [0.25, 0.3) is 0 Å². The average Bonchev–Trinajstić information content (AvgIpc) is 3.37. The molecule has 3 atom stereocenters. The molecule has 31 heavy (non-hydrogen) atoms. The number of carboxylic acid groups (broad SMARTS) is 1. The third-order valence-corrected chi connectivity index (χ3v) is 18.4. The summed E-state index contributed by atoms with van der Waals surface area (Å²) in [4.78, 5) is 11.6. The standard InChI is InChI=1S/C24H37AsO6/c1-16(15-21(26)27)25(28-22(2,29-25)20-12-11-17-7-4-10-19(17)20)30-23(3,31-25)24-13-5-8-18(24)9-6-14-24/h15,17-20H,4-14H2,1-3H3,(H,26,27). The molecule has 0 aromatic rings. The minimum absolute atomic E-state index is 0.0144. The van der Waals surface area contributed by atoms with Gasteiger partial charge in [-0.3, -0.25) is 0 Å². The molecule has 4 aliphatic carbocycles. The van der Waals surface area contributed by atoms with E-state index < -0.39 is 31.4 Å². The van der Waals surface area contributed by atoms with Crippen molar-refractivity contribution < 1.29 is 24.8 Å². The molecule has 6 fully saturated rings. The molecule has 3 unspecified atom stereocenters. The van der Waals surface area contributed by atoms with E-state index in [1.165, 1.54) is 57.4 Å². The maximum atomic E-state index is 11.6. The fourth-order valence-corrected chi connectivity index (χ4v) is 17.5. The fraction of sp³-hybridized carbons (Fsp3) is 0.875. The van der Waals surface area contributed by atoms with Gasteiger partial charge in [0.1, 0.15) is 0 Å².